The third-order valence-electron chi connectivity index (χ3n) is 3.74. The zero-order valence-electron chi connectivity index (χ0n) is 12.6. The molecule has 0 spiro atoms. The van der Waals surface area contributed by atoms with Crippen LogP contribution in [-0.2, 0) is 4.79 Å². The molecule has 0 radical (unpaired) electrons. The second kappa shape index (κ2) is 5.83. The maximum absolute atomic E-state index is 12.6. The van der Waals surface area contributed by atoms with Crippen LogP contribution >= 0.6 is 0 Å². The number of piperidine rings is 1. The molecule has 0 aliphatic carbocycles. The summed E-state index contributed by atoms with van der Waals surface area (Å²) in [6.07, 6.45) is 1.73. The van der Waals surface area contributed by atoms with Gasteiger partial charge >= 0.3 is 0 Å². The Morgan fingerprint density at radius 2 is 1.80 bits per heavy atom. The van der Waals surface area contributed by atoms with Crippen LogP contribution < -0.4 is 10.5 Å². The summed E-state index contributed by atoms with van der Waals surface area (Å²) < 4.78 is 5.88. The van der Waals surface area contributed by atoms with Gasteiger partial charge in [-0.05, 0) is 45.7 Å². The highest BCUT2D eigenvalue weighted by atomic mass is 16.5. The molecule has 1 aromatic carbocycles. The second-order valence-electron chi connectivity index (χ2n) is 6.06. The van der Waals surface area contributed by atoms with Crippen LogP contribution in [0.4, 0.5) is 0 Å². The Morgan fingerprint density at radius 1 is 1.25 bits per heavy atom. The van der Waals surface area contributed by atoms with Crippen LogP contribution in [0.1, 0.15) is 32.3 Å². The van der Waals surface area contributed by atoms with Gasteiger partial charge in [0.1, 0.15) is 5.75 Å². The van der Waals surface area contributed by atoms with E-state index in [2.05, 4.69) is 0 Å². The summed E-state index contributed by atoms with van der Waals surface area (Å²) in [7, 11) is 0. The summed E-state index contributed by atoms with van der Waals surface area (Å²) in [5.41, 5.74) is 6.20. The van der Waals surface area contributed by atoms with Crippen LogP contribution in [0.3, 0.4) is 0 Å². The highest BCUT2D eigenvalue weighted by Gasteiger charge is 2.35. The number of carbonyl (C=O) groups excluding carboxylic acids is 1. The molecule has 1 fully saturated rings. The van der Waals surface area contributed by atoms with Gasteiger partial charge in [-0.2, -0.15) is 0 Å². The molecule has 1 aromatic rings. The fourth-order valence-electron chi connectivity index (χ4n) is 2.43. The van der Waals surface area contributed by atoms with Crippen molar-refractivity contribution in [3.8, 4) is 5.75 Å². The van der Waals surface area contributed by atoms with Gasteiger partial charge in [-0.3, -0.25) is 4.79 Å². The van der Waals surface area contributed by atoms with Crippen molar-refractivity contribution in [1.82, 2.24) is 4.90 Å². The van der Waals surface area contributed by atoms with Gasteiger partial charge in [0.2, 0.25) is 0 Å². The van der Waals surface area contributed by atoms with Crippen LogP contribution in [0.2, 0.25) is 0 Å². The van der Waals surface area contributed by atoms with Crippen molar-refractivity contribution >= 4 is 5.91 Å². The summed E-state index contributed by atoms with van der Waals surface area (Å²) in [6, 6.07) is 7.98. The fraction of sp³-hybridized carbons (Fsp3) is 0.562. The van der Waals surface area contributed by atoms with E-state index in [1.54, 1.807) is 0 Å². The van der Waals surface area contributed by atoms with Crippen molar-refractivity contribution in [2.24, 2.45) is 5.73 Å². The highest BCUT2D eigenvalue weighted by molar-refractivity contribution is 5.84. The Bertz CT molecular complexity index is 460. The van der Waals surface area contributed by atoms with Crippen LogP contribution in [0.15, 0.2) is 24.3 Å². The Labute approximate surface area is 120 Å². The number of likely N-dealkylation sites (tertiary alicyclic amines) is 1. The molecular weight excluding hydrogens is 252 g/mol. The van der Waals surface area contributed by atoms with Crippen molar-refractivity contribution in [2.45, 2.75) is 45.3 Å². The van der Waals surface area contributed by atoms with Gasteiger partial charge in [0.05, 0.1) is 0 Å². The predicted octanol–water partition coefficient (Wildman–Crippen LogP) is 2.10. The van der Waals surface area contributed by atoms with Gasteiger partial charge in [-0.25, -0.2) is 0 Å². The summed E-state index contributed by atoms with van der Waals surface area (Å²) in [4.78, 5) is 14.4. The van der Waals surface area contributed by atoms with Crippen molar-refractivity contribution in [3.63, 3.8) is 0 Å². The van der Waals surface area contributed by atoms with E-state index >= 15 is 0 Å². The summed E-state index contributed by atoms with van der Waals surface area (Å²) in [6.45, 7) is 7.12. The van der Waals surface area contributed by atoms with E-state index in [9.17, 15) is 4.79 Å². The van der Waals surface area contributed by atoms with Gasteiger partial charge in [0.15, 0.2) is 5.60 Å². The third kappa shape index (κ3) is 3.51. The van der Waals surface area contributed by atoms with E-state index in [0.29, 0.717) is 0 Å². The van der Waals surface area contributed by atoms with Gasteiger partial charge < -0.3 is 15.4 Å². The van der Waals surface area contributed by atoms with Gasteiger partial charge in [0, 0.05) is 19.1 Å². The van der Waals surface area contributed by atoms with Crippen molar-refractivity contribution in [3.05, 3.63) is 29.8 Å². The molecule has 4 heteroatoms. The number of benzene rings is 1. The average Bonchev–Trinajstić information content (AvgIpc) is 2.41. The SMILES string of the molecule is Cc1ccc(OC(C)(C)C(=O)N2CCC(N)CC2)cc1. The standard InChI is InChI=1S/C16H24N2O2/c1-12-4-6-14(7-5-12)20-16(2,3)15(19)18-10-8-13(17)9-11-18/h4-7,13H,8-11,17H2,1-3H3. The van der Waals surface area contributed by atoms with Crippen molar-refractivity contribution in [2.75, 3.05) is 13.1 Å². The maximum Gasteiger partial charge on any atom is 0.266 e. The zero-order chi connectivity index (χ0) is 14.8. The van der Waals surface area contributed by atoms with E-state index in [0.717, 1.165) is 31.7 Å². The maximum atomic E-state index is 12.6. The zero-order valence-corrected chi connectivity index (χ0v) is 12.6. The molecular formula is C16H24N2O2. The number of ether oxygens (including phenoxy) is 1. The lowest BCUT2D eigenvalue weighted by Crippen LogP contribution is -2.52. The van der Waals surface area contributed by atoms with E-state index in [1.165, 1.54) is 5.56 Å². The number of nitrogens with zero attached hydrogens (tertiary/aromatic N) is 1. The monoisotopic (exact) mass is 276 g/mol. The molecule has 0 atom stereocenters. The molecule has 2 rings (SSSR count). The van der Waals surface area contributed by atoms with Crippen LogP contribution in [0.5, 0.6) is 5.75 Å². The van der Waals surface area contributed by atoms with E-state index in [1.807, 2.05) is 49.9 Å². The number of rotatable bonds is 3. The van der Waals surface area contributed by atoms with Crippen molar-refractivity contribution in [1.29, 1.82) is 0 Å². The van der Waals surface area contributed by atoms with Crippen molar-refractivity contribution < 1.29 is 9.53 Å². The normalized spacial score (nSPS) is 17.1. The lowest BCUT2D eigenvalue weighted by atomic mass is 10.0. The Kier molecular flexibility index (Phi) is 4.33. The molecule has 1 saturated heterocycles. The quantitative estimate of drug-likeness (QED) is 0.920. The minimum absolute atomic E-state index is 0.0324. The third-order valence-corrected chi connectivity index (χ3v) is 3.74. The summed E-state index contributed by atoms with van der Waals surface area (Å²) in [5, 5.41) is 0. The Balaban J connectivity index is 2.01. The highest BCUT2D eigenvalue weighted by Crippen LogP contribution is 2.22. The van der Waals surface area contributed by atoms with E-state index in [4.69, 9.17) is 10.5 Å². The molecule has 4 nitrogen and oxygen atoms in total. The molecule has 1 heterocycles. The van der Waals surface area contributed by atoms with Gasteiger partial charge in [0.25, 0.3) is 5.91 Å². The molecule has 0 aromatic heterocycles. The molecule has 0 bridgehead atoms. The topological polar surface area (TPSA) is 55.6 Å². The van der Waals surface area contributed by atoms with E-state index < -0.39 is 5.60 Å². The molecule has 1 amide bonds. The lowest BCUT2D eigenvalue weighted by Gasteiger charge is -2.36. The largest absolute Gasteiger partial charge is 0.478 e. The molecule has 2 N–H and O–H groups in total. The number of nitrogens with two attached hydrogens (primary N) is 1. The lowest BCUT2D eigenvalue weighted by molar-refractivity contribution is -0.146. The first kappa shape index (κ1) is 14.9. The predicted molar refractivity (Wildman–Crippen MR) is 79.7 cm³/mol. The number of aryl methyl sites for hydroxylation is 1. The number of hydrogen-bond acceptors (Lipinski definition) is 3. The molecule has 20 heavy (non-hydrogen) atoms. The minimum atomic E-state index is -0.851. The summed E-state index contributed by atoms with van der Waals surface area (Å²) in [5.74, 6) is 0.757. The summed E-state index contributed by atoms with van der Waals surface area (Å²) >= 11 is 0. The first-order valence-electron chi connectivity index (χ1n) is 7.19. The minimum Gasteiger partial charge on any atom is -0.478 e. The molecule has 0 saturated carbocycles. The molecule has 110 valence electrons. The van der Waals surface area contributed by atoms with Crippen LogP contribution in [0.25, 0.3) is 0 Å². The van der Waals surface area contributed by atoms with Crippen LogP contribution in [-0.4, -0.2) is 35.5 Å². The first-order valence-corrected chi connectivity index (χ1v) is 7.19. The van der Waals surface area contributed by atoms with Crippen LogP contribution in [0, 0.1) is 6.92 Å². The Hall–Kier alpha value is -1.55. The first-order chi connectivity index (χ1) is 9.38. The molecule has 1 aliphatic heterocycles. The molecule has 1 aliphatic rings. The molecule has 0 unspecified atom stereocenters. The van der Waals surface area contributed by atoms with Gasteiger partial charge in [-0.1, -0.05) is 17.7 Å². The smallest absolute Gasteiger partial charge is 0.266 e. The fourth-order valence-corrected chi connectivity index (χ4v) is 2.43. The second-order valence-corrected chi connectivity index (χ2v) is 6.06. The van der Waals surface area contributed by atoms with E-state index in [-0.39, 0.29) is 11.9 Å². The number of carbonyl (C=O) groups is 1. The number of hydrogen-bond donors (Lipinski definition) is 1. The van der Waals surface area contributed by atoms with Gasteiger partial charge in [-0.15, -0.1) is 0 Å². The average molecular weight is 276 g/mol. The Morgan fingerprint density at radius 3 is 2.35 bits per heavy atom. The number of amides is 1.